The van der Waals surface area contributed by atoms with Gasteiger partial charge in [0.1, 0.15) is 6.33 Å². The van der Waals surface area contributed by atoms with Crippen LogP contribution in [0.3, 0.4) is 0 Å². The van der Waals surface area contributed by atoms with Crippen molar-refractivity contribution in [3.63, 3.8) is 0 Å². The summed E-state index contributed by atoms with van der Waals surface area (Å²) < 4.78 is 26.8. The van der Waals surface area contributed by atoms with Gasteiger partial charge in [-0.2, -0.15) is 0 Å². The van der Waals surface area contributed by atoms with E-state index in [1.54, 1.807) is 6.07 Å². The van der Waals surface area contributed by atoms with Crippen molar-refractivity contribution in [3.05, 3.63) is 53.5 Å². The molecule has 2 aromatic rings. The zero-order chi connectivity index (χ0) is 15.5. The van der Waals surface area contributed by atoms with Crippen LogP contribution in [0.15, 0.2) is 35.6 Å². The van der Waals surface area contributed by atoms with Crippen LogP contribution < -0.4 is 0 Å². The van der Waals surface area contributed by atoms with Crippen LogP contribution >= 0.6 is 11.8 Å². The summed E-state index contributed by atoms with van der Waals surface area (Å²) in [5.74, 6) is -1.30. The second-order valence-corrected chi connectivity index (χ2v) is 6.38. The highest BCUT2D eigenvalue weighted by molar-refractivity contribution is 7.98. The lowest BCUT2D eigenvalue weighted by atomic mass is 10.0. The number of aromatic nitrogens is 2. The van der Waals surface area contributed by atoms with Crippen molar-refractivity contribution in [3.8, 4) is 0 Å². The Bertz CT molecular complexity index is 668. The highest BCUT2D eigenvalue weighted by Gasteiger charge is 2.28. The molecule has 1 aliphatic carbocycles. The fourth-order valence-electron chi connectivity index (χ4n) is 2.73. The van der Waals surface area contributed by atoms with Gasteiger partial charge in [0.05, 0.1) is 16.8 Å². The van der Waals surface area contributed by atoms with Gasteiger partial charge in [0.15, 0.2) is 11.6 Å². The molecule has 1 saturated carbocycles. The zero-order valence-electron chi connectivity index (χ0n) is 11.9. The van der Waals surface area contributed by atoms with Gasteiger partial charge in [0.2, 0.25) is 0 Å². The second-order valence-electron chi connectivity index (χ2n) is 5.39. The number of hydrogen-bond donors (Lipinski definition) is 1. The molecule has 1 fully saturated rings. The first-order valence-electron chi connectivity index (χ1n) is 7.21. The Kier molecular flexibility index (Phi) is 4.69. The van der Waals surface area contributed by atoms with Gasteiger partial charge in [-0.15, -0.1) is 11.8 Å². The number of nitrogens with zero attached hydrogens (tertiary/aromatic N) is 2. The summed E-state index contributed by atoms with van der Waals surface area (Å²) in [6.45, 7) is 0. The van der Waals surface area contributed by atoms with E-state index in [0.717, 1.165) is 31.0 Å². The maximum atomic E-state index is 13.6. The second kappa shape index (κ2) is 6.71. The van der Waals surface area contributed by atoms with Crippen LogP contribution in [0.25, 0.3) is 0 Å². The van der Waals surface area contributed by atoms with E-state index in [1.807, 2.05) is 6.07 Å². The molecule has 6 heteroatoms. The molecule has 0 amide bonds. The van der Waals surface area contributed by atoms with E-state index in [-0.39, 0.29) is 12.0 Å². The first kappa shape index (κ1) is 15.4. The Balaban J connectivity index is 1.72. The summed E-state index contributed by atoms with van der Waals surface area (Å²) in [6, 6.07) is 6.00. The van der Waals surface area contributed by atoms with E-state index >= 15 is 0 Å². The molecule has 2 atom stereocenters. The quantitative estimate of drug-likeness (QED) is 0.689. The minimum absolute atomic E-state index is 0.0493. The molecule has 2 unspecified atom stereocenters. The van der Waals surface area contributed by atoms with Crippen LogP contribution in [0.1, 0.15) is 36.4 Å². The van der Waals surface area contributed by atoms with Crippen LogP contribution in [-0.2, 0) is 5.75 Å². The summed E-state index contributed by atoms with van der Waals surface area (Å²) in [7, 11) is 0. The highest BCUT2D eigenvalue weighted by Crippen LogP contribution is 2.34. The summed E-state index contributed by atoms with van der Waals surface area (Å²) in [5, 5.41) is 10.7. The predicted molar refractivity (Wildman–Crippen MR) is 80.5 cm³/mol. The summed E-state index contributed by atoms with van der Waals surface area (Å²) >= 11 is 1.33. The Hall–Kier alpha value is -1.53. The molecule has 1 aliphatic rings. The van der Waals surface area contributed by atoms with Crippen LogP contribution in [0.5, 0.6) is 0 Å². The van der Waals surface area contributed by atoms with Gasteiger partial charge in [-0.25, -0.2) is 18.7 Å². The molecular formula is C16H16F2N2OS. The van der Waals surface area contributed by atoms with Crippen molar-refractivity contribution in [2.24, 2.45) is 0 Å². The molecule has 1 N–H and O–H groups in total. The number of aliphatic hydroxyl groups excluding tert-OH is 1. The Morgan fingerprint density at radius 2 is 2.09 bits per heavy atom. The van der Waals surface area contributed by atoms with E-state index in [4.69, 9.17) is 0 Å². The smallest absolute Gasteiger partial charge is 0.162 e. The lowest BCUT2D eigenvalue weighted by molar-refractivity contribution is 0.162. The van der Waals surface area contributed by atoms with E-state index in [2.05, 4.69) is 9.97 Å². The molecule has 0 radical (unpaired) electrons. The van der Waals surface area contributed by atoms with E-state index in [1.165, 1.54) is 24.2 Å². The largest absolute Gasteiger partial charge is 0.392 e. The van der Waals surface area contributed by atoms with Gasteiger partial charge < -0.3 is 5.11 Å². The van der Waals surface area contributed by atoms with Gasteiger partial charge in [0.25, 0.3) is 0 Å². The fraction of sp³-hybridized carbons (Fsp3) is 0.375. The fourth-order valence-corrected chi connectivity index (χ4v) is 3.58. The maximum Gasteiger partial charge on any atom is 0.162 e. The third kappa shape index (κ3) is 3.28. The van der Waals surface area contributed by atoms with Crippen LogP contribution in [0.4, 0.5) is 8.78 Å². The molecule has 3 nitrogen and oxygen atoms in total. The van der Waals surface area contributed by atoms with E-state index in [0.29, 0.717) is 16.3 Å². The minimum atomic E-state index is -0.837. The third-order valence-electron chi connectivity index (χ3n) is 3.93. The van der Waals surface area contributed by atoms with Crippen molar-refractivity contribution in [2.45, 2.75) is 42.1 Å². The van der Waals surface area contributed by atoms with Crippen LogP contribution in [-0.4, -0.2) is 21.2 Å². The molecule has 22 heavy (non-hydrogen) atoms. The van der Waals surface area contributed by atoms with Crippen molar-refractivity contribution in [1.82, 2.24) is 9.97 Å². The Labute approximate surface area is 131 Å². The molecule has 1 heterocycles. The zero-order valence-corrected chi connectivity index (χ0v) is 12.7. The number of hydrogen-bond acceptors (Lipinski definition) is 4. The minimum Gasteiger partial charge on any atom is -0.392 e. The Morgan fingerprint density at radius 1 is 1.23 bits per heavy atom. The molecule has 1 aromatic heterocycles. The molecule has 0 aliphatic heterocycles. The molecule has 0 bridgehead atoms. The maximum absolute atomic E-state index is 13.6. The number of benzene rings is 1. The van der Waals surface area contributed by atoms with Crippen LogP contribution in [0.2, 0.25) is 0 Å². The first-order chi connectivity index (χ1) is 10.6. The lowest BCUT2D eigenvalue weighted by Gasteiger charge is -2.14. The highest BCUT2D eigenvalue weighted by atomic mass is 32.2. The van der Waals surface area contributed by atoms with E-state index in [9.17, 15) is 13.9 Å². The standard InChI is InChI=1S/C16H16F2N2OS/c17-12-5-1-3-10(16(12)18)8-22-15-7-13(19-9-20-15)11-4-2-6-14(11)21/h1,3,5,7,9,11,14,21H,2,4,6,8H2. The molecule has 3 rings (SSSR count). The third-order valence-corrected chi connectivity index (χ3v) is 4.90. The van der Waals surface area contributed by atoms with Gasteiger partial charge in [-0.3, -0.25) is 0 Å². The monoisotopic (exact) mass is 322 g/mol. The lowest BCUT2D eigenvalue weighted by Crippen LogP contribution is -2.12. The number of aliphatic hydroxyl groups is 1. The SMILES string of the molecule is OC1CCCC1c1cc(SCc2cccc(F)c2F)ncn1. The average molecular weight is 322 g/mol. The topological polar surface area (TPSA) is 46.0 Å². The van der Waals surface area contributed by atoms with Crippen molar-refractivity contribution < 1.29 is 13.9 Å². The van der Waals surface area contributed by atoms with Gasteiger partial charge >= 0.3 is 0 Å². The average Bonchev–Trinajstić information content (AvgIpc) is 2.95. The molecular weight excluding hydrogens is 306 g/mol. The number of rotatable bonds is 4. The first-order valence-corrected chi connectivity index (χ1v) is 8.19. The molecule has 1 aromatic carbocycles. The summed E-state index contributed by atoms with van der Waals surface area (Å²) in [5.41, 5.74) is 1.13. The summed E-state index contributed by atoms with van der Waals surface area (Å²) in [6.07, 6.45) is 3.82. The molecule has 116 valence electrons. The van der Waals surface area contributed by atoms with Gasteiger partial charge in [-0.05, 0) is 25.0 Å². The van der Waals surface area contributed by atoms with Crippen LogP contribution in [0, 0.1) is 11.6 Å². The van der Waals surface area contributed by atoms with Crippen molar-refractivity contribution in [1.29, 1.82) is 0 Å². The van der Waals surface area contributed by atoms with Crippen molar-refractivity contribution >= 4 is 11.8 Å². The van der Waals surface area contributed by atoms with E-state index < -0.39 is 11.6 Å². The number of halogens is 2. The summed E-state index contributed by atoms with van der Waals surface area (Å²) in [4.78, 5) is 8.40. The number of thioether (sulfide) groups is 1. The molecule has 0 saturated heterocycles. The predicted octanol–water partition coefficient (Wildman–Crippen LogP) is 3.68. The Morgan fingerprint density at radius 3 is 2.86 bits per heavy atom. The molecule has 0 spiro atoms. The van der Waals surface area contributed by atoms with Gasteiger partial charge in [0, 0.05) is 17.2 Å². The van der Waals surface area contributed by atoms with Gasteiger partial charge in [-0.1, -0.05) is 18.6 Å². The van der Waals surface area contributed by atoms with Crippen molar-refractivity contribution in [2.75, 3.05) is 0 Å². The normalized spacial score (nSPS) is 21.2.